The van der Waals surface area contributed by atoms with Crippen LogP contribution in [0.4, 0.5) is 0 Å². The van der Waals surface area contributed by atoms with Crippen molar-refractivity contribution in [2.45, 2.75) is 26.7 Å². The molecule has 0 amide bonds. The zero-order valence-corrected chi connectivity index (χ0v) is 7.88. The predicted octanol–water partition coefficient (Wildman–Crippen LogP) is 1.64. The molecule has 0 aliphatic heterocycles. The summed E-state index contributed by atoms with van der Waals surface area (Å²) in [5, 5.41) is 17.2. The fraction of sp³-hybridized carbons (Fsp3) is 0.600. The third kappa shape index (κ3) is 6.13. The minimum absolute atomic E-state index is 0.120. The molecular formula is C10H18O2. The number of rotatable bonds is 5. The third-order valence-electron chi connectivity index (χ3n) is 1.72. The predicted molar refractivity (Wildman–Crippen MR) is 50.9 cm³/mol. The van der Waals surface area contributed by atoms with Crippen molar-refractivity contribution in [2.24, 2.45) is 0 Å². The summed E-state index contributed by atoms with van der Waals surface area (Å²) < 4.78 is 0. The van der Waals surface area contributed by atoms with E-state index in [1.165, 1.54) is 5.57 Å². The van der Waals surface area contributed by atoms with E-state index in [1.807, 2.05) is 26.0 Å². The van der Waals surface area contributed by atoms with E-state index in [1.54, 1.807) is 0 Å². The van der Waals surface area contributed by atoms with Crippen molar-refractivity contribution < 1.29 is 10.2 Å². The van der Waals surface area contributed by atoms with Crippen LogP contribution in [-0.4, -0.2) is 23.4 Å². The number of hydrogen-bond donors (Lipinski definition) is 2. The van der Waals surface area contributed by atoms with Crippen LogP contribution in [0.3, 0.4) is 0 Å². The fourth-order valence-electron chi connectivity index (χ4n) is 0.869. The first kappa shape index (κ1) is 11.4. The summed E-state index contributed by atoms with van der Waals surface area (Å²) in [6.45, 7) is 4.17. The minimum atomic E-state index is 0.120. The topological polar surface area (TPSA) is 40.5 Å². The van der Waals surface area contributed by atoms with Crippen molar-refractivity contribution in [3.8, 4) is 0 Å². The Morgan fingerprint density at radius 1 is 1.08 bits per heavy atom. The highest BCUT2D eigenvalue weighted by molar-refractivity contribution is 5.03. The molecule has 0 unspecified atom stereocenters. The van der Waals surface area contributed by atoms with Gasteiger partial charge in [0.15, 0.2) is 0 Å². The minimum Gasteiger partial charge on any atom is -0.392 e. The maximum absolute atomic E-state index is 8.68. The van der Waals surface area contributed by atoms with Crippen LogP contribution < -0.4 is 0 Å². The molecule has 2 nitrogen and oxygen atoms in total. The lowest BCUT2D eigenvalue weighted by molar-refractivity contribution is 0.331. The van der Waals surface area contributed by atoms with Crippen LogP contribution >= 0.6 is 0 Å². The lowest BCUT2D eigenvalue weighted by Gasteiger charge is -1.97. The first-order chi connectivity index (χ1) is 5.70. The van der Waals surface area contributed by atoms with Gasteiger partial charge in [0.1, 0.15) is 0 Å². The average Bonchev–Trinajstić information content (AvgIpc) is 2.04. The fourth-order valence-corrected chi connectivity index (χ4v) is 0.869. The monoisotopic (exact) mass is 170 g/mol. The van der Waals surface area contributed by atoms with Gasteiger partial charge >= 0.3 is 0 Å². The quantitative estimate of drug-likeness (QED) is 0.616. The Bertz CT molecular complexity index is 169. The second kappa shape index (κ2) is 7.07. The molecule has 0 aromatic carbocycles. The summed E-state index contributed by atoms with van der Waals surface area (Å²) in [5.41, 5.74) is 2.20. The van der Waals surface area contributed by atoms with Crippen LogP contribution in [0.5, 0.6) is 0 Å². The molecule has 0 aromatic rings. The molecule has 0 radical (unpaired) electrons. The van der Waals surface area contributed by atoms with E-state index < -0.39 is 0 Å². The van der Waals surface area contributed by atoms with Crippen LogP contribution in [0.25, 0.3) is 0 Å². The highest BCUT2D eigenvalue weighted by atomic mass is 16.3. The smallest absolute Gasteiger partial charge is 0.0639 e. The Balaban J connectivity index is 3.62. The zero-order valence-electron chi connectivity index (χ0n) is 7.88. The SMILES string of the molecule is CC(=CCCC(C)=CCO)CO. The summed E-state index contributed by atoms with van der Waals surface area (Å²) in [4.78, 5) is 0. The largest absolute Gasteiger partial charge is 0.392 e. The Kier molecular flexibility index (Phi) is 6.72. The molecule has 12 heavy (non-hydrogen) atoms. The number of aliphatic hydroxyl groups is 2. The van der Waals surface area contributed by atoms with E-state index in [2.05, 4.69) is 0 Å². The van der Waals surface area contributed by atoms with E-state index >= 15 is 0 Å². The van der Waals surface area contributed by atoms with Crippen molar-refractivity contribution in [3.63, 3.8) is 0 Å². The lowest BCUT2D eigenvalue weighted by atomic mass is 10.1. The molecule has 2 heteroatoms. The average molecular weight is 170 g/mol. The summed E-state index contributed by atoms with van der Waals surface area (Å²) in [5.74, 6) is 0. The van der Waals surface area contributed by atoms with E-state index in [4.69, 9.17) is 10.2 Å². The molecule has 0 rings (SSSR count). The van der Waals surface area contributed by atoms with Crippen LogP contribution in [0.15, 0.2) is 23.3 Å². The van der Waals surface area contributed by atoms with Gasteiger partial charge in [0.05, 0.1) is 13.2 Å². The van der Waals surface area contributed by atoms with Gasteiger partial charge < -0.3 is 10.2 Å². The summed E-state index contributed by atoms with van der Waals surface area (Å²) in [7, 11) is 0. The van der Waals surface area contributed by atoms with Crippen molar-refractivity contribution in [3.05, 3.63) is 23.3 Å². The van der Waals surface area contributed by atoms with Crippen LogP contribution in [0.2, 0.25) is 0 Å². The summed E-state index contributed by atoms with van der Waals surface area (Å²) in [6, 6.07) is 0. The van der Waals surface area contributed by atoms with Gasteiger partial charge in [-0.1, -0.05) is 23.3 Å². The molecule has 0 saturated heterocycles. The number of hydrogen-bond acceptors (Lipinski definition) is 2. The maximum atomic E-state index is 8.68. The molecule has 0 bridgehead atoms. The van der Waals surface area contributed by atoms with Gasteiger partial charge in [0.25, 0.3) is 0 Å². The van der Waals surface area contributed by atoms with E-state index in [-0.39, 0.29) is 13.2 Å². The van der Waals surface area contributed by atoms with E-state index in [0.717, 1.165) is 18.4 Å². The lowest BCUT2D eigenvalue weighted by Crippen LogP contribution is -1.85. The molecule has 0 atom stereocenters. The molecule has 0 saturated carbocycles. The molecular weight excluding hydrogens is 152 g/mol. The number of allylic oxidation sites excluding steroid dienone is 2. The van der Waals surface area contributed by atoms with Gasteiger partial charge in [-0.25, -0.2) is 0 Å². The van der Waals surface area contributed by atoms with Crippen molar-refractivity contribution in [1.29, 1.82) is 0 Å². The molecule has 0 aliphatic rings. The Morgan fingerprint density at radius 2 is 1.75 bits per heavy atom. The van der Waals surface area contributed by atoms with Gasteiger partial charge in [0, 0.05) is 0 Å². The molecule has 0 heterocycles. The van der Waals surface area contributed by atoms with E-state index in [9.17, 15) is 0 Å². The van der Waals surface area contributed by atoms with Crippen LogP contribution in [-0.2, 0) is 0 Å². The third-order valence-corrected chi connectivity index (χ3v) is 1.72. The Morgan fingerprint density at radius 3 is 2.25 bits per heavy atom. The van der Waals surface area contributed by atoms with Crippen molar-refractivity contribution in [2.75, 3.05) is 13.2 Å². The van der Waals surface area contributed by atoms with Crippen molar-refractivity contribution >= 4 is 0 Å². The van der Waals surface area contributed by atoms with Gasteiger partial charge in [-0.3, -0.25) is 0 Å². The van der Waals surface area contributed by atoms with E-state index in [0.29, 0.717) is 0 Å². The molecule has 0 fully saturated rings. The van der Waals surface area contributed by atoms with Crippen LogP contribution in [0, 0.1) is 0 Å². The zero-order chi connectivity index (χ0) is 9.40. The second-order valence-electron chi connectivity index (χ2n) is 2.98. The molecule has 0 aromatic heterocycles. The van der Waals surface area contributed by atoms with Gasteiger partial charge in [0.2, 0.25) is 0 Å². The van der Waals surface area contributed by atoms with Gasteiger partial charge in [-0.05, 0) is 26.7 Å². The van der Waals surface area contributed by atoms with Gasteiger partial charge in [-0.2, -0.15) is 0 Å². The Hall–Kier alpha value is -0.600. The highest BCUT2D eigenvalue weighted by Gasteiger charge is 1.88. The summed E-state index contributed by atoms with van der Waals surface area (Å²) in [6.07, 6.45) is 5.73. The van der Waals surface area contributed by atoms with Gasteiger partial charge in [-0.15, -0.1) is 0 Å². The first-order valence-corrected chi connectivity index (χ1v) is 4.23. The molecule has 2 N–H and O–H groups in total. The van der Waals surface area contributed by atoms with Crippen LogP contribution in [0.1, 0.15) is 26.7 Å². The normalized spacial score (nSPS) is 13.7. The standard InChI is InChI=1S/C10H18O2/c1-9(6-7-11)4-3-5-10(2)8-12/h5-6,11-12H,3-4,7-8H2,1-2H3. The molecule has 0 spiro atoms. The molecule has 0 aliphatic carbocycles. The Labute approximate surface area is 74.2 Å². The first-order valence-electron chi connectivity index (χ1n) is 4.23. The molecule has 70 valence electrons. The summed E-state index contributed by atoms with van der Waals surface area (Å²) >= 11 is 0. The maximum Gasteiger partial charge on any atom is 0.0639 e. The second-order valence-corrected chi connectivity index (χ2v) is 2.98. The van der Waals surface area contributed by atoms with Crippen molar-refractivity contribution in [1.82, 2.24) is 0 Å². The number of aliphatic hydroxyl groups excluding tert-OH is 2. The highest BCUT2D eigenvalue weighted by Crippen LogP contribution is 2.05.